The highest BCUT2D eigenvalue weighted by molar-refractivity contribution is 6.30. The normalized spacial score (nSPS) is 21.6. The summed E-state index contributed by atoms with van der Waals surface area (Å²) in [7, 11) is 0. The molecule has 0 saturated carbocycles. The molecule has 6 rings (SSSR count). The first-order valence-corrected chi connectivity index (χ1v) is 12.6. The van der Waals surface area contributed by atoms with Crippen molar-refractivity contribution in [2.45, 2.75) is 39.5 Å². The van der Waals surface area contributed by atoms with Gasteiger partial charge in [0.15, 0.2) is 11.6 Å². The highest BCUT2D eigenvalue weighted by Crippen LogP contribution is 2.51. The number of esters is 1. The molecule has 0 amide bonds. The second kappa shape index (κ2) is 8.48. The number of hydrogen-bond donors (Lipinski definition) is 0. The Kier molecular flexibility index (Phi) is 5.34. The first-order valence-electron chi connectivity index (χ1n) is 12.6. The molecule has 2 aliphatic carbocycles. The van der Waals surface area contributed by atoms with Crippen LogP contribution in [0.1, 0.15) is 70.0 Å². The number of rotatable bonds is 3. The largest absolute Gasteiger partial charge is 0.423 e. The maximum absolute atomic E-state index is 13.6. The smallest absolute Gasteiger partial charge is 0.343 e. The standard InChI is InChI=1S/C32H27NO4/c1-18-8-10-20(11-9-18)31(36)37-21-14-12-19(13-15-21)26-27-24(16-32(2,3)17-25(27)34)33-29-22-6-4-5-7-23(22)30(35)28(26)29/h4-15,26,28H,16-17H2,1-3H3. The first kappa shape index (κ1) is 23.3. The Labute approximate surface area is 215 Å². The minimum atomic E-state index is -0.540. The summed E-state index contributed by atoms with van der Waals surface area (Å²) in [4.78, 5) is 44.7. The third-order valence-corrected chi connectivity index (χ3v) is 7.58. The molecule has 2 unspecified atom stereocenters. The summed E-state index contributed by atoms with van der Waals surface area (Å²) < 4.78 is 5.59. The third-order valence-electron chi connectivity index (χ3n) is 7.58. The van der Waals surface area contributed by atoms with Crippen LogP contribution in [0.5, 0.6) is 5.75 Å². The lowest BCUT2D eigenvalue weighted by molar-refractivity contribution is -0.118. The lowest BCUT2D eigenvalue weighted by Crippen LogP contribution is -2.37. The Hall–Kier alpha value is -4.12. The van der Waals surface area contributed by atoms with Crippen LogP contribution in [0.4, 0.5) is 0 Å². The van der Waals surface area contributed by atoms with Gasteiger partial charge in [0.1, 0.15) is 5.75 Å². The van der Waals surface area contributed by atoms with Crippen LogP contribution < -0.4 is 4.74 Å². The Morgan fingerprint density at radius 1 is 0.865 bits per heavy atom. The number of benzene rings is 3. The van der Waals surface area contributed by atoms with Crippen molar-refractivity contribution >= 4 is 23.2 Å². The summed E-state index contributed by atoms with van der Waals surface area (Å²) in [6.45, 7) is 6.13. The Bertz CT molecular complexity index is 1520. The number of carbonyl (C=O) groups excluding carboxylic acids is 3. The summed E-state index contributed by atoms with van der Waals surface area (Å²) in [6, 6.07) is 22.0. The number of ketones is 2. The summed E-state index contributed by atoms with van der Waals surface area (Å²) in [5.41, 5.74) is 5.90. The zero-order valence-electron chi connectivity index (χ0n) is 21.1. The van der Waals surface area contributed by atoms with E-state index < -0.39 is 17.8 Å². The molecule has 1 aliphatic heterocycles. The van der Waals surface area contributed by atoms with Crippen LogP contribution in [0, 0.1) is 18.3 Å². The summed E-state index contributed by atoms with van der Waals surface area (Å²) in [6.07, 6.45) is 1.11. The van der Waals surface area contributed by atoms with Crippen molar-refractivity contribution in [3.63, 3.8) is 0 Å². The van der Waals surface area contributed by atoms with E-state index in [1.54, 1.807) is 24.3 Å². The van der Waals surface area contributed by atoms with Gasteiger partial charge in [0, 0.05) is 34.7 Å². The molecule has 2 atom stereocenters. The molecule has 0 N–H and O–H groups in total. The molecule has 3 aliphatic rings. The maximum Gasteiger partial charge on any atom is 0.343 e. The molecule has 3 aromatic carbocycles. The van der Waals surface area contributed by atoms with Gasteiger partial charge in [-0.1, -0.05) is 67.9 Å². The van der Waals surface area contributed by atoms with E-state index >= 15 is 0 Å². The lowest BCUT2D eigenvalue weighted by Gasteiger charge is -2.38. The van der Waals surface area contributed by atoms with Gasteiger partial charge in [0.05, 0.1) is 17.2 Å². The molecule has 184 valence electrons. The Balaban J connectivity index is 1.38. The predicted molar refractivity (Wildman–Crippen MR) is 141 cm³/mol. The van der Waals surface area contributed by atoms with Gasteiger partial charge in [-0.05, 0) is 48.6 Å². The van der Waals surface area contributed by atoms with E-state index in [9.17, 15) is 14.4 Å². The maximum atomic E-state index is 13.6. The van der Waals surface area contributed by atoms with Crippen LogP contribution in [0.25, 0.3) is 0 Å². The van der Waals surface area contributed by atoms with Crippen molar-refractivity contribution in [3.8, 4) is 5.75 Å². The number of aliphatic imine (C=N–C) groups is 1. The number of nitrogens with zero attached hydrogens (tertiary/aromatic N) is 1. The molecule has 0 fully saturated rings. The van der Waals surface area contributed by atoms with Gasteiger partial charge in [0.25, 0.3) is 0 Å². The van der Waals surface area contributed by atoms with Crippen LogP contribution in [0.15, 0.2) is 89.1 Å². The fraction of sp³-hybridized carbons (Fsp3) is 0.250. The minimum Gasteiger partial charge on any atom is -0.423 e. The monoisotopic (exact) mass is 489 g/mol. The number of Topliss-reactive ketones (excluding diaryl/α,β-unsaturated/α-hetero) is 2. The highest BCUT2D eigenvalue weighted by Gasteiger charge is 2.50. The first-order chi connectivity index (χ1) is 17.7. The molecule has 5 heteroatoms. The van der Waals surface area contributed by atoms with Crippen LogP contribution in [-0.2, 0) is 4.79 Å². The summed E-state index contributed by atoms with van der Waals surface area (Å²) in [5, 5.41) is 0. The van der Waals surface area contributed by atoms with E-state index in [0.29, 0.717) is 35.3 Å². The quantitative estimate of drug-likeness (QED) is 0.322. The van der Waals surface area contributed by atoms with E-state index in [4.69, 9.17) is 9.73 Å². The fourth-order valence-electron chi connectivity index (χ4n) is 5.84. The molecule has 37 heavy (non-hydrogen) atoms. The number of allylic oxidation sites excluding steroid dienone is 2. The van der Waals surface area contributed by atoms with Crippen molar-refractivity contribution in [1.29, 1.82) is 0 Å². The van der Waals surface area contributed by atoms with Crippen LogP contribution >= 0.6 is 0 Å². The topological polar surface area (TPSA) is 72.8 Å². The SMILES string of the molecule is Cc1ccc(C(=O)Oc2ccc(C3C4=C(CC(C)(C)CC4=O)N=C4c5ccccc5C(=O)C43)cc2)cc1. The van der Waals surface area contributed by atoms with Gasteiger partial charge in [-0.3, -0.25) is 14.6 Å². The predicted octanol–water partition coefficient (Wildman–Crippen LogP) is 6.26. The fourth-order valence-corrected chi connectivity index (χ4v) is 5.84. The van der Waals surface area contributed by atoms with Crippen molar-refractivity contribution in [2.75, 3.05) is 0 Å². The lowest BCUT2D eigenvalue weighted by atomic mass is 9.66. The zero-order chi connectivity index (χ0) is 25.9. The highest BCUT2D eigenvalue weighted by atomic mass is 16.5. The van der Waals surface area contributed by atoms with Crippen LogP contribution in [-0.4, -0.2) is 23.2 Å². The average Bonchev–Trinajstić information content (AvgIpc) is 3.15. The zero-order valence-corrected chi connectivity index (χ0v) is 21.1. The molecular formula is C32H27NO4. The molecule has 0 bridgehead atoms. The van der Waals surface area contributed by atoms with Crippen LogP contribution in [0.3, 0.4) is 0 Å². The van der Waals surface area contributed by atoms with E-state index in [2.05, 4.69) is 13.8 Å². The molecule has 0 radical (unpaired) electrons. The van der Waals surface area contributed by atoms with Crippen LogP contribution in [0.2, 0.25) is 0 Å². The molecule has 1 heterocycles. The second-order valence-corrected chi connectivity index (χ2v) is 11.0. The van der Waals surface area contributed by atoms with Gasteiger partial charge in [-0.2, -0.15) is 0 Å². The summed E-state index contributed by atoms with van der Waals surface area (Å²) >= 11 is 0. The Morgan fingerprint density at radius 2 is 1.54 bits per heavy atom. The van der Waals surface area contributed by atoms with Crippen molar-refractivity contribution in [3.05, 3.63) is 112 Å². The van der Waals surface area contributed by atoms with Gasteiger partial charge in [-0.25, -0.2) is 4.79 Å². The second-order valence-electron chi connectivity index (χ2n) is 11.0. The van der Waals surface area contributed by atoms with Crippen molar-refractivity contribution in [1.82, 2.24) is 0 Å². The van der Waals surface area contributed by atoms with E-state index in [1.807, 2.05) is 55.5 Å². The van der Waals surface area contributed by atoms with Gasteiger partial charge in [0.2, 0.25) is 0 Å². The number of carbonyl (C=O) groups is 3. The minimum absolute atomic E-state index is 0.00147. The molecule has 3 aromatic rings. The Morgan fingerprint density at radius 3 is 2.24 bits per heavy atom. The number of hydrogen-bond acceptors (Lipinski definition) is 5. The van der Waals surface area contributed by atoms with E-state index in [1.165, 1.54) is 0 Å². The molecule has 5 nitrogen and oxygen atoms in total. The van der Waals surface area contributed by atoms with Crippen molar-refractivity contribution < 1.29 is 19.1 Å². The number of ether oxygens (including phenoxy) is 1. The summed E-state index contributed by atoms with van der Waals surface area (Å²) in [5.74, 6) is -0.937. The molecular weight excluding hydrogens is 462 g/mol. The van der Waals surface area contributed by atoms with E-state index in [-0.39, 0.29) is 17.0 Å². The number of fused-ring (bicyclic) bond motifs is 3. The molecule has 0 aromatic heterocycles. The molecule has 0 saturated heterocycles. The number of aryl methyl sites for hydroxylation is 1. The third kappa shape index (κ3) is 3.95. The van der Waals surface area contributed by atoms with Gasteiger partial charge >= 0.3 is 5.97 Å². The van der Waals surface area contributed by atoms with Gasteiger partial charge < -0.3 is 4.74 Å². The van der Waals surface area contributed by atoms with Crippen molar-refractivity contribution in [2.24, 2.45) is 16.3 Å². The average molecular weight is 490 g/mol. The van der Waals surface area contributed by atoms with Gasteiger partial charge in [-0.15, -0.1) is 0 Å². The molecule has 0 spiro atoms. The van der Waals surface area contributed by atoms with E-state index in [0.717, 1.165) is 28.1 Å².